The molecule has 3 atom stereocenters. The third-order valence-electron chi connectivity index (χ3n) is 5.88. The smallest absolute Gasteiger partial charge is 0.191 e. The lowest BCUT2D eigenvalue weighted by molar-refractivity contribution is 0.413. The van der Waals surface area contributed by atoms with Crippen LogP contribution >= 0.6 is 24.0 Å². The Morgan fingerprint density at radius 2 is 2.03 bits per heavy atom. The first-order valence-electron chi connectivity index (χ1n) is 11.3. The van der Waals surface area contributed by atoms with Gasteiger partial charge in [-0.2, -0.15) is 0 Å². The van der Waals surface area contributed by atoms with Crippen molar-refractivity contribution in [3.8, 4) is 0 Å². The van der Waals surface area contributed by atoms with Crippen molar-refractivity contribution in [2.75, 3.05) is 30.3 Å². The van der Waals surface area contributed by atoms with E-state index in [2.05, 4.69) is 39.6 Å². The van der Waals surface area contributed by atoms with E-state index in [1.807, 2.05) is 13.1 Å². The summed E-state index contributed by atoms with van der Waals surface area (Å²) in [5.74, 6) is 2.69. The highest BCUT2D eigenvalue weighted by atomic mass is 127. The van der Waals surface area contributed by atoms with Crippen molar-refractivity contribution in [2.24, 2.45) is 4.99 Å². The number of aromatic nitrogens is 1. The second-order valence-corrected chi connectivity index (χ2v) is 10.1. The molecular formula is C22H38IN5OS. The molecule has 170 valence electrons. The summed E-state index contributed by atoms with van der Waals surface area (Å²) in [7, 11) is -0.703. The molecule has 6 nitrogen and oxygen atoms in total. The molecule has 0 amide bonds. The second-order valence-electron chi connectivity index (χ2n) is 8.06. The lowest BCUT2D eigenvalue weighted by Crippen LogP contribution is -2.46. The van der Waals surface area contributed by atoms with Gasteiger partial charge in [0.1, 0.15) is 5.82 Å². The highest BCUT2D eigenvalue weighted by Crippen LogP contribution is 2.23. The van der Waals surface area contributed by atoms with Crippen LogP contribution in [0, 0.1) is 0 Å². The van der Waals surface area contributed by atoms with Crippen LogP contribution in [-0.4, -0.2) is 51.8 Å². The van der Waals surface area contributed by atoms with Gasteiger partial charge in [-0.1, -0.05) is 13.3 Å². The highest BCUT2D eigenvalue weighted by Gasteiger charge is 2.26. The van der Waals surface area contributed by atoms with Gasteiger partial charge in [-0.25, -0.2) is 9.98 Å². The fourth-order valence-electron chi connectivity index (χ4n) is 4.29. The average Bonchev–Trinajstić information content (AvgIpc) is 2.78. The van der Waals surface area contributed by atoms with Crippen LogP contribution in [0.4, 0.5) is 5.82 Å². The number of rotatable bonds is 7. The van der Waals surface area contributed by atoms with Crippen LogP contribution in [0.3, 0.4) is 0 Å². The monoisotopic (exact) mass is 547 g/mol. The standard InChI is InChI=1S/C22H37N5OS.HI/c1-3-23-22(26-19-9-8-10-20(16-19)29(28)4-2)25-17-18-11-12-24-21(15-18)27-13-6-5-7-14-27;/h11-12,15,19-20H,3-10,13-14,16-17H2,1-2H3,(H2,23,25,26);1H. The van der Waals surface area contributed by atoms with Crippen molar-refractivity contribution in [3.05, 3.63) is 23.9 Å². The zero-order valence-electron chi connectivity index (χ0n) is 18.4. The molecule has 1 aromatic heterocycles. The number of piperidine rings is 1. The van der Waals surface area contributed by atoms with Gasteiger partial charge in [-0.3, -0.25) is 4.21 Å². The topological polar surface area (TPSA) is 69.6 Å². The molecule has 0 bridgehead atoms. The fourth-order valence-corrected chi connectivity index (χ4v) is 5.64. The summed E-state index contributed by atoms with van der Waals surface area (Å²) in [5, 5.41) is 7.29. The van der Waals surface area contributed by atoms with Crippen molar-refractivity contribution < 1.29 is 4.21 Å². The molecule has 1 aliphatic heterocycles. The van der Waals surface area contributed by atoms with Gasteiger partial charge in [0.15, 0.2) is 5.96 Å². The van der Waals surface area contributed by atoms with E-state index in [-0.39, 0.29) is 24.0 Å². The number of anilines is 1. The minimum Gasteiger partial charge on any atom is -0.357 e. The second kappa shape index (κ2) is 13.5. The molecule has 1 saturated heterocycles. The molecule has 2 N–H and O–H groups in total. The van der Waals surface area contributed by atoms with Crippen LogP contribution in [0.5, 0.6) is 0 Å². The highest BCUT2D eigenvalue weighted by molar-refractivity contribution is 14.0. The molecule has 3 rings (SSSR count). The van der Waals surface area contributed by atoms with Gasteiger partial charge >= 0.3 is 0 Å². The summed E-state index contributed by atoms with van der Waals surface area (Å²) in [6, 6.07) is 4.59. The first-order chi connectivity index (χ1) is 14.2. The Hall–Kier alpha value is -0.900. The van der Waals surface area contributed by atoms with Crippen molar-refractivity contribution in [2.45, 2.75) is 76.6 Å². The van der Waals surface area contributed by atoms with Gasteiger partial charge in [-0.15, -0.1) is 24.0 Å². The van der Waals surface area contributed by atoms with Crippen LogP contribution in [0.1, 0.15) is 64.4 Å². The van der Waals surface area contributed by atoms with E-state index < -0.39 is 10.8 Å². The molecule has 0 spiro atoms. The number of halogens is 1. The first kappa shape index (κ1) is 25.4. The number of hydrogen-bond donors (Lipinski definition) is 2. The molecule has 0 aromatic carbocycles. The van der Waals surface area contributed by atoms with Crippen molar-refractivity contribution in [3.63, 3.8) is 0 Å². The average molecular weight is 548 g/mol. The molecule has 2 fully saturated rings. The maximum absolute atomic E-state index is 12.2. The van der Waals surface area contributed by atoms with Gasteiger partial charge in [0.25, 0.3) is 0 Å². The Bertz CT molecular complexity index is 696. The molecule has 1 aromatic rings. The largest absolute Gasteiger partial charge is 0.357 e. The summed E-state index contributed by atoms with van der Waals surface area (Å²) < 4.78 is 12.2. The van der Waals surface area contributed by atoms with E-state index in [1.165, 1.54) is 24.8 Å². The fraction of sp³-hybridized carbons (Fsp3) is 0.727. The van der Waals surface area contributed by atoms with Crippen LogP contribution in [-0.2, 0) is 17.3 Å². The third-order valence-corrected chi connectivity index (χ3v) is 7.62. The predicted octanol–water partition coefficient (Wildman–Crippen LogP) is 3.82. The van der Waals surface area contributed by atoms with E-state index in [0.717, 1.165) is 62.8 Å². The first-order valence-corrected chi connectivity index (χ1v) is 12.7. The zero-order valence-corrected chi connectivity index (χ0v) is 21.6. The number of guanidine groups is 1. The molecule has 3 unspecified atom stereocenters. The number of aliphatic imine (C=N–C) groups is 1. The summed E-state index contributed by atoms with van der Waals surface area (Å²) in [5.41, 5.74) is 1.19. The lowest BCUT2D eigenvalue weighted by Gasteiger charge is -2.30. The maximum Gasteiger partial charge on any atom is 0.191 e. The minimum atomic E-state index is -0.703. The van der Waals surface area contributed by atoms with Gasteiger partial charge < -0.3 is 15.5 Å². The molecule has 1 saturated carbocycles. The van der Waals surface area contributed by atoms with Crippen LogP contribution in [0.25, 0.3) is 0 Å². The zero-order chi connectivity index (χ0) is 20.5. The lowest BCUT2D eigenvalue weighted by atomic mass is 9.95. The van der Waals surface area contributed by atoms with Gasteiger partial charge in [0.05, 0.1) is 6.54 Å². The predicted molar refractivity (Wildman–Crippen MR) is 138 cm³/mol. The van der Waals surface area contributed by atoms with E-state index in [9.17, 15) is 4.21 Å². The van der Waals surface area contributed by atoms with Crippen LogP contribution < -0.4 is 15.5 Å². The molecule has 30 heavy (non-hydrogen) atoms. The number of pyridine rings is 1. The molecule has 1 aliphatic carbocycles. The van der Waals surface area contributed by atoms with Gasteiger partial charge in [0, 0.05) is 53.7 Å². The van der Waals surface area contributed by atoms with E-state index in [0.29, 0.717) is 17.8 Å². The Kier molecular flexibility index (Phi) is 11.4. The number of hydrogen-bond acceptors (Lipinski definition) is 4. The van der Waals surface area contributed by atoms with Gasteiger partial charge in [-0.05, 0) is 63.1 Å². The summed E-state index contributed by atoms with van der Waals surface area (Å²) >= 11 is 0. The SMILES string of the molecule is CCNC(=NCc1ccnc(N2CCCCC2)c1)NC1CCCC(S(=O)CC)C1.I. The Labute approximate surface area is 201 Å². The van der Waals surface area contributed by atoms with Gasteiger partial charge in [0.2, 0.25) is 0 Å². The Morgan fingerprint density at radius 1 is 1.23 bits per heavy atom. The van der Waals surface area contributed by atoms with Crippen molar-refractivity contribution in [1.29, 1.82) is 0 Å². The summed E-state index contributed by atoms with van der Waals surface area (Å²) in [6.07, 6.45) is 10.1. The minimum absolute atomic E-state index is 0. The third kappa shape index (κ3) is 7.66. The quantitative estimate of drug-likeness (QED) is 0.309. The van der Waals surface area contributed by atoms with E-state index in [4.69, 9.17) is 4.99 Å². The number of nitrogens with one attached hydrogen (secondary N) is 2. The van der Waals surface area contributed by atoms with Crippen LogP contribution in [0.2, 0.25) is 0 Å². The number of nitrogens with zero attached hydrogens (tertiary/aromatic N) is 3. The molecule has 2 aliphatic rings. The van der Waals surface area contributed by atoms with E-state index in [1.54, 1.807) is 0 Å². The molecular weight excluding hydrogens is 509 g/mol. The molecule has 8 heteroatoms. The van der Waals surface area contributed by atoms with Crippen molar-refractivity contribution in [1.82, 2.24) is 15.6 Å². The summed E-state index contributed by atoms with van der Waals surface area (Å²) in [6.45, 7) is 7.78. The summed E-state index contributed by atoms with van der Waals surface area (Å²) in [4.78, 5) is 11.8. The van der Waals surface area contributed by atoms with E-state index >= 15 is 0 Å². The van der Waals surface area contributed by atoms with Crippen LogP contribution in [0.15, 0.2) is 23.3 Å². The molecule has 0 radical (unpaired) electrons. The Morgan fingerprint density at radius 3 is 2.77 bits per heavy atom. The maximum atomic E-state index is 12.2. The Balaban J connectivity index is 0.00000320. The van der Waals surface area contributed by atoms with Crippen molar-refractivity contribution >= 4 is 46.6 Å². The molecule has 2 heterocycles. The normalized spacial score (nSPS) is 23.4.